The summed E-state index contributed by atoms with van der Waals surface area (Å²) in [6.45, 7) is 4.07. The van der Waals surface area contributed by atoms with Gasteiger partial charge in [0.05, 0.1) is 5.60 Å². The minimum absolute atomic E-state index is 0.0501. The fourth-order valence-corrected chi connectivity index (χ4v) is 2.80. The number of ether oxygens (including phenoxy) is 1. The van der Waals surface area contributed by atoms with E-state index in [1.165, 1.54) is 11.3 Å². The molecule has 1 aliphatic heterocycles. The van der Waals surface area contributed by atoms with Crippen molar-refractivity contribution in [3.8, 4) is 0 Å². The number of aromatic nitrogens is 2. The molecule has 0 bridgehead atoms. The van der Waals surface area contributed by atoms with Crippen LogP contribution in [-0.2, 0) is 4.74 Å². The lowest BCUT2D eigenvalue weighted by atomic mass is 9.95. The Bertz CT molecular complexity index is 389. The highest BCUT2D eigenvalue weighted by atomic mass is 32.1. The summed E-state index contributed by atoms with van der Waals surface area (Å²) in [4.78, 5) is 2.24. The molecule has 1 unspecified atom stereocenters. The molecule has 0 aliphatic carbocycles. The standard InChI is InChI=1S/C9H15N3OS2/c1-9(13-2)4-3-5-12(6-9)7-10-11-8(14)15-7/h3-6H2,1-2H3,(H,11,14). The third-order valence-electron chi connectivity index (χ3n) is 2.85. The number of nitrogens with one attached hydrogen (secondary N) is 1. The summed E-state index contributed by atoms with van der Waals surface area (Å²) in [5.41, 5.74) is -0.0501. The number of nitrogens with zero attached hydrogens (tertiary/aromatic N) is 2. The van der Waals surface area contributed by atoms with Crippen molar-refractivity contribution in [2.75, 3.05) is 25.1 Å². The second kappa shape index (κ2) is 4.19. The van der Waals surface area contributed by atoms with E-state index in [1.807, 2.05) is 0 Å². The van der Waals surface area contributed by atoms with Crippen LogP contribution in [-0.4, -0.2) is 36.0 Å². The van der Waals surface area contributed by atoms with Gasteiger partial charge in [0.25, 0.3) is 0 Å². The maximum absolute atomic E-state index is 5.54. The zero-order chi connectivity index (χ0) is 10.9. The van der Waals surface area contributed by atoms with E-state index in [-0.39, 0.29) is 5.60 Å². The predicted molar refractivity (Wildman–Crippen MR) is 64.2 cm³/mol. The molecule has 0 radical (unpaired) electrons. The van der Waals surface area contributed by atoms with Crippen LogP contribution in [0.4, 0.5) is 5.13 Å². The molecule has 15 heavy (non-hydrogen) atoms. The van der Waals surface area contributed by atoms with E-state index < -0.39 is 0 Å². The smallest absolute Gasteiger partial charge is 0.207 e. The number of piperidine rings is 1. The molecular weight excluding hydrogens is 230 g/mol. The van der Waals surface area contributed by atoms with Gasteiger partial charge in [0.15, 0.2) is 3.95 Å². The number of hydrogen-bond acceptors (Lipinski definition) is 5. The first-order chi connectivity index (χ1) is 7.13. The summed E-state index contributed by atoms with van der Waals surface area (Å²) in [6, 6.07) is 0. The predicted octanol–water partition coefficient (Wildman–Crippen LogP) is 2.21. The average Bonchev–Trinajstić information content (AvgIpc) is 2.65. The van der Waals surface area contributed by atoms with E-state index in [9.17, 15) is 0 Å². The fraction of sp³-hybridized carbons (Fsp3) is 0.778. The highest BCUT2D eigenvalue weighted by Crippen LogP contribution is 2.28. The van der Waals surface area contributed by atoms with E-state index in [4.69, 9.17) is 17.0 Å². The summed E-state index contributed by atoms with van der Waals surface area (Å²) >= 11 is 6.55. The van der Waals surface area contributed by atoms with Crippen molar-refractivity contribution in [3.05, 3.63) is 3.95 Å². The molecule has 6 heteroatoms. The monoisotopic (exact) mass is 245 g/mol. The van der Waals surface area contributed by atoms with E-state index in [1.54, 1.807) is 7.11 Å². The first kappa shape index (κ1) is 11.0. The number of anilines is 1. The number of hydrogen-bond donors (Lipinski definition) is 1. The topological polar surface area (TPSA) is 41.1 Å². The van der Waals surface area contributed by atoms with Crippen molar-refractivity contribution >= 4 is 28.7 Å². The molecule has 2 heterocycles. The van der Waals surface area contributed by atoms with Gasteiger partial charge in [0.2, 0.25) is 5.13 Å². The number of methoxy groups -OCH3 is 1. The highest BCUT2D eigenvalue weighted by molar-refractivity contribution is 7.73. The molecule has 0 saturated carbocycles. The quantitative estimate of drug-likeness (QED) is 0.811. The molecule has 2 rings (SSSR count). The highest BCUT2D eigenvalue weighted by Gasteiger charge is 2.31. The average molecular weight is 245 g/mol. The number of H-pyrrole nitrogens is 1. The molecule has 1 N–H and O–H groups in total. The van der Waals surface area contributed by atoms with Crippen LogP contribution in [0, 0.1) is 3.95 Å². The normalized spacial score (nSPS) is 26.9. The molecule has 1 aliphatic rings. The van der Waals surface area contributed by atoms with Gasteiger partial charge in [0.1, 0.15) is 0 Å². The number of aromatic amines is 1. The molecule has 0 spiro atoms. The zero-order valence-corrected chi connectivity index (χ0v) is 10.6. The lowest BCUT2D eigenvalue weighted by Crippen LogP contribution is -2.47. The van der Waals surface area contributed by atoms with Gasteiger partial charge in [-0.3, -0.25) is 5.10 Å². The minimum Gasteiger partial charge on any atom is -0.377 e. The Morgan fingerprint density at radius 2 is 2.47 bits per heavy atom. The maximum atomic E-state index is 5.54. The summed E-state index contributed by atoms with van der Waals surface area (Å²) in [6.07, 6.45) is 2.24. The van der Waals surface area contributed by atoms with E-state index in [2.05, 4.69) is 22.0 Å². The largest absolute Gasteiger partial charge is 0.377 e. The van der Waals surface area contributed by atoms with Crippen molar-refractivity contribution in [2.24, 2.45) is 0 Å². The zero-order valence-electron chi connectivity index (χ0n) is 8.95. The third-order valence-corrected chi connectivity index (χ3v) is 4.00. The first-order valence-electron chi connectivity index (χ1n) is 4.99. The van der Waals surface area contributed by atoms with Crippen LogP contribution in [0.3, 0.4) is 0 Å². The summed E-state index contributed by atoms with van der Waals surface area (Å²) < 4.78 is 6.27. The lowest BCUT2D eigenvalue weighted by Gasteiger charge is -2.39. The first-order valence-corrected chi connectivity index (χ1v) is 6.21. The van der Waals surface area contributed by atoms with Crippen LogP contribution in [0.25, 0.3) is 0 Å². The Labute approximate surface area is 98.3 Å². The molecule has 1 fully saturated rings. The second-order valence-corrected chi connectivity index (χ2v) is 5.72. The SMILES string of the molecule is COC1(C)CCCN(c2n[nH]c(=S)s2)C1. The molecule has 1 atom stereocenters. The van der Waals surface area contributed by atoms with Crippen molar-refractivity contribution < 1.29 is 4.74 Å². The van der Waals surface area contributed by atoms with Crippen molar-refractivity contribution in [1.82, 2.24) is 10.2 Å². The molecule has 4 nitrogen and oxygen atoms in total. The van der Waals surface area contributed by atoms with E-state index >= 15 is 0 Å². The van der Waals surface area contributed by atoms with E-state index in [0.29, 0.717) is 0 Å². The van der Waals surface area contributed by atoms with Crippen LogP contribution in [0.5, 0.6) is 0 Å². The van der Waals surface area contributed by atoms with E-state index in [0.717, 1.165) is 35.0 Å². The van der Waals surface area contributed by atoms with Gasteiger partial charge < -0.3 is 9.64 Å². The molecule has 0 amide bonds. The van der Waals surface area contributed by atoms with Crippen LogP contribution in [0.15, 0.2) is 0 Å². The third kappa shape index (κ3) is 2.38. The van der Waals surface area contributed by atoms with Crippen LogP contribution < -0.4 is 4.90 Å². The van der Waals surface area contributed by atoms with Crippen LogP contribution in [0.1, 0.15) is 19.8 Å². The van der Waals surface area contributed by atoms with Gasteiger partial charge in [-0.1, -0.05) is 11.3 Å². The Kier molecular flexibility index (Phi) is 3.08. The molecule has 1 saturated heterocycles. The molecule has 1 aromatic rings. The van der Waals surface area contributed by atoms with Gasteiger partial charge in [-0.2, -0.15) is 0 Å². The summed E-state index contributed by atoms with van der Waals surface area (Å²) in [5, 5.41) is 7.99. The fourth-order valence-electron chi connectivity index (χ4n) is 1.89. The van der Waals surface area contributed by atoms with Gasteiger partial charge in [-0.15, -0.1) is 5.10 Å². The molecule has 84 valence electrons. The second-order valence-electron chi connectivity index (χ2n) is 4.07. The Hall–Kier alpha value is -0.460. The van der Waals surface area contributed by atoms with Gasteiger partial charge in [-0.25, -0.2) is 0 Å². The molecule has 0 aromatic carbocycles. The van der Waals surface area contributed by atoms with Crippen molar-refractivity contribution in [2.45, 2.75) is 25.4 Å². The summed E-state index contributed by atoms with van der Waals surface area (Å²) in [5.74, 6) is 0. The van der Waals surface area contributed by atoms with Gasteiger partial charge >= 0.3 is 0 Å². The Morgan fingerprint density at radius 3 is 3.07 bits per heavy atom. The summed E-state index contributed by atoms with van der Waals surface area (Å²) in [7, 11) is 1.77. The molecule has 1 aromatic heterocycles. The maximum Gasteiger partial charge on any atom is 0.207 e. The molecular formula is C9H15N3OS2. The minimum atomic E-state index is -0.0501. The number of rotatable bonds is 2. The van der Waals surface area contributed by atoms with Crippen LogP contribution in [0.2, 0.25) is 0 Å². The van der Waals surface area contributed by atoms with Crippen LogP contribution >= 0.6 is 23.6 Å². The Balaban J connectivity index is 2.14. The van der Waals surface area contributed by atoms with Crippen molar-refractivity contribution in [1.29, 1.82) is 0 Å². The Morgan fingerprint density at radius 1 is 1.67 bits per heavy atom. The van der Waals surface area contributed by atoms with Crippen molar-refractivity contribution in [3.63, 3.8) is 0 Å². The van der Waals surface area contributed by atoms with Gasteiger partial charge in [0, 0.05) is 20.2 Å². The van der Waals surface area contributed by atoms with Gasteiger partial charge in [-0.05, 0) is 32.0 Å². The lowest BCUT2D eigenvalue weighted by molar-refractivity contribution is -0.00468.